The molecule has 4 nitrogen and oxygen atoms in total. The minimum atomic E-state index is -0.850. The van der Waals surface area contributed by atoms with Gasteiger partial charge in [-0.3, -0.25) is 4.79 Å². The van der Waals surface area contributed by atoms with E-state index >= 15 is 0 Å². The highest BCUT2D eigenvalue weighted by Gasteiger charge is 2.18. The minimum absolute atomic E-state index is 0.0749. The van der Waals surface area contributed by atoms with Gasteiger partial charge in [-0.05, 0) is 64.2 Å². The summed E-state index contributed by atoms with van der Waals surface area (Å²) in [6.07, 6.45) is 79.2. The molecule has 0 bridgehead atoms. The molecule has 0 aromatic rings. The van der Waals surface area contributed by atoms with Crippen molar-refractivity contribution in [2.24, 2.45) is 0 Å². The summed E-state index contributed by atoms with van der Waals surface area (Å²) in [5, 5.41) is 23.2. The molecule has 0 saturated heterocycles. The van der Waals surface area contributed by atoms with Crippen LogP contribution in [0.2, 0.25) is 0 Å². The fourth-order valence-electron chi connectivity index (χ4n) is 8.44. The number of aliphatic hydroxyl groups is 2. The lowest BCUT2D eigenvalue weighted by Crippen LogP contribution is -2.45. The van der Waals surface area contributed by atoms with Gasteiger partial charge in [0.05, 0.1) is 18.8 Å². The zero-order chi connectivity index (χ0) is 46.3. The molecule has 3 N–H and O–H groups in total. The van der Waals surface area contributed by atoms with Crippen LogP contribution in [0.3, 0.4) is 0 Å². The standard InChI is InChI=1S/C60H109NO3/c1-3-5-7-9-11-13-15-17-19-21-23-25-27-28-29-30-31-32-34-35-37-39-41-43-45-47-49-51-53-55-59(63)58(57-62)61-60(64)56-54-52-50-48-46-44-42-40-38-36-33-26-24-22-20-18-16-14-12-10-8-6-4-2/h6,8,12,14,18,20,24,26,36,38,53,55,58-59,62-63H,3-5,7,9-11,13,15-17,19,21-23,25,27-35,37,39-52,54,56-57H2,1-2H3,(H,61,64)/b8-6-,14-12-,20-18-,26-24-,38-36-,55-53+. The first-order valence-electron chi connectivity index (χ1n) is 28.2. The van der Waals surface area contributed by atoms with Gasteiger partial charge < -0.3 is 15.5 Å². The quantitative estimate of drug-likeness (QED) is 0.0421. The van der Waals surface area contributed by atoms with E-state index in [-0.39, 0.29) is 12.5 Å². The van der Waals surface area contributed by atoms with Gasteiger partial charge in [-0.15, -0.1) is 0 Å². The molecule has 2 unspecified atom stereocenters. The highest BCUT2D eigenvalue weighted by Crippen LogP contribution is 2.17. The number of carbonyl (C=O) groups is 1. The Morgan fingerprint density at radius 1 is 0.391 bits per heavy atom. The number of hydrogen-bond donors (Lipinski definition) is 3. The van der Waals surface area contributed by atoms with Crippen LogP contribution >= 0.6 is 0 Å². The van der Waals surface area contributed by atoms with Crippen LogP contribution in [-0.4, -0.2) is 34.9 Å². The van der Waals surface area contributed by atoms with E-state index in [1.807, 2.05) is 6.08 Å². The topological polar surface area (TPSA) is 69.6 Å². The Morgan fingerprint density at radius 3 is 1.03 bits per heavy atom. The van der Waals surface area contributed by atoms with E-state index < -0.39 is 12.1 Å². The molecule has 4 heteroatoms. The molecular weight excluding hydrogens is 783 g/mol. The SMILES string of the molecule is CC/C=C\C/C=C\C/C=C\C/C=C\C/C=C\CCCCCCCCCC(=O)NC(CO)C(O)/C=C/CCCCCCCCCCCCCCCCCCCCCCCCCCCCC. The smallest absolute Gasteiger partial charge is 0.220 e. The summed E-state index contributed by atoms with van der Waals surface area (Å²) in [4.78, 5) is 12.5. The molecule has 0 radical (unpaired) electrons. The summed E-state index contributed by atoms with van der Waals surface area (Å²) < 4.78 is 0. The molecule has 372 valence electrons. The van der Waals surface area contributed by atoms with E-state index in [0.717, 1.165) is 70.6 Å². The Kier molecular flexibility index (Phi) is 53.3. The lowest BCUT2D eigenvalue weighted by Gasteiger charge is -2.20. The molecule has 0 aliphatic rings. The van der Waals surface area contributed by atoms with Crippen molar-refractivity contribution < 1.29 is 15.0 Å². The summed E-state index contributed by atoms with van der Waals surface area (Å²) in [5.41, 5.74) is 0. The summed E-state index contributed by atoms with van der Waals surface area (Å²) >= 11 is 0. The molecule has 0 aromatic carbocycles. The van der Waals surface area contributed by atoms with Crippen molar-refractivity contribution in [3.05, 3.63) is 72.9 Å². The Labute approximate surface area is 399 Å². The van der Waals surface area contributed by atoms with Gasteiger partial charge in [-0.2, -0.15) is 0 Å². The zero-order valence-corrected chi connectivity index (χ0v) is 42.8. The first kappa shape index (κ1) is 61.8. The number of unbranched alkanes of at least 4 members (excludes halogenated alkanes) is 34. The van der Waals surface area contributed by atoms with E-state index in [2.05, 4.69) is 79.9 Å². The number of rotatable bonds is 51. The number of hydrogen-bond acceptors (Lipinski definition) is 3. The van der Waals surface area contributed by atoms with Crippen molar-refractivity contribution in [2.75, 3.05) is 6.61 Å². The summed E-state index contributed by atoms with van der Waals surface area (Å²) in [6.45, 7) is 4.21. The van der Waals surface area contributed by atoms with E-state index in [4.69, 9.17) is 0 Å². The highest BCUT2D eigenvalue weighted by atomic mass is 16.3. The molecule has 0 aliphatic carbocycles. The van der Waals surface area contributed by atoms with Gasteiger partial charge in [0.25, 0.3) is 0 Å². The van der Waals surface area contributed by atoms with Gasteiger partial charge in [0.15, 0.2) is 0 Å². The lowest BCUT2D eigenvalue weighted by atomic mass is 10.0. The van der Waals surface area contributed by atoms with Crippen molar-refractivity contribution in [1.82, 2.24) is 5.32 Å². The van der Waals surface area contributed by atoms with E-state index in [1.54, 1.807) is 6.08 Å². The van der Waals surface area contributed by atoms with Crippen molar-refractivity contribution in [2.45, 2.75) is 296 Å². The predicted octanol–water partition coefficient (Wildman–Crippen LogP) is 18.6. The first-order valence-corrected chi connectivity index (χ1v) is 28.2. The van der Waals surface area contributed by atoms with Gasteiger partial charge in [0.1, 0.15) is 0 Å². The third-order valence-electron chi connectivity index (χ3n) is 12.7. The van der Waals surface area contributed by atoms with Crippen LogP contribution in [0.25, 0.3) is 0 Å². The van der Waals surface area contributed by atoms with Crippen LogP contribution in [0, 0.1) is 0 Å². The second-order valence-corrected chi connectivity index (χ2v) is 19.0. The van der Waals surface area contributed by atoms with Crippen LogP contribution in [-0.2, 0) is 4.79 Å². The normalized spacial score (nSPS) is 13.4. The number of amides is 1. The van der Waals surface area contributed by atoms with Crippen LogP contribution in [0.5, 0.6) is 0 Å². The molecule has 0 fully saturated rings. The van der Waals surface area contributed by atoms with E-state index in [9.17, 15) is 15.0 Å². The second kappa shape index (κ2) is 55.2. The first-order chi connectivity index (χ1) is 31.7. The average molecular weight is 893 g/mol. The maximum Gasteiger partial charge on any atom is 0.220 e. The number of aliphatic hydroxyl groups excluding tert-OH is 2. The van der Waals surface area contributed by atoms with Crippen molar-refractivity contribution in [1.29, 1.82) is 0 Å². The largest absolute Gasteiger partial charge is 0.394 e. The molecule has 0 aliphatic heterocycles. The van der Waals surface area contributed by atoms with Gasteiger partial charge in [-0.1, -0.05) is 286 Å². The van der Waals surface area contributed by atoms with Gasteiger partial charge in [-0.25, -0.2) is 0 Å². The number of nitrogens with one attached hydrogen (secondary N) is 1. The molecular formula is C60H109NO3. The molecule has 0 heterocycles. The molecule has 1 amide bonds. The molecule has 0 aromatic heterocycles. The van der Waals surface area contributed by atoms with Gasteiger partial charge >= 0.3 is 0 Å². The minimum Gasteiger partial charge on any atom is -0.394 e. The Morgan fingerprint density at radius 2 is 0.688 bits per heavy atom. The summed E-state index contributed by atoms with van der Waals surface area (Å²) in [7, 11) is 0. The van der Waals surface area contributed by atoms with Crippen LogP contribution in [0.4, 0.5) is 0 Å². The number of carbonyl (C=O) groups excluding carboxylic acids is 1. The summed E-state index contributed by atoms with van der Waals surface area (Å²) in [5.74, 6) is -0.0749. The fraction of sp³-hybridized carbons (Fsp3) is 0.783. The fourth-order valence-corrected chi connectivity index (χ4v) is 8.44. The monoisotopic (exact) mass is 892 g/mol. The van der Waals surface area contributed by atoms with E-state index in [1.165, 1.54) is 193 Å². The lowest BCUT2D eigenvalue weighted by molar-refractivity contribution is -0.123. The van der Waals surface area contributed by atoms with Crippen LogP contribution < -0.4 is 5.32 Å². The van der Waals surface area contributed by atoms with Crippen molar-refractivity contribution in [3.63, 3.8) is 0 Å². The number of allylic oxidation sites excluding steroid dienone is 11. The Hall–Kier alpha value is -2.17. The Bertz CT molecular complexity index is 1100. The van der Waals surface area contributed by atoms with Crippen molar-refractivity contribution >= 4 is 5.91 Å². The molecule has 64 heavy (non-hydrogen) atoms. The third kappa shape index (κ3) is 50.8. The predicted molar refractivity (Wildman–Crippen MR) is 285 cm³/mol. The molecule has 0 spiro atoms. The third-order valence-corrected chi connectivity index (χ3v) is 12.7. The van der Waals surface area contributed by atoms with Crippen molar-refractivity contribution in [3.8, 4) is 0 Å². The van der Waals surface area contributed by atoms with Crippen LogP contribution in [0.15, 0.2) is 72.9 Å². The summed E-state index contributed by atoms with van der Waals surface area (Å²) in [6, 6.07) is -0.634. The highest BCUT2D eigenvalue weighted by molar-refractivity contribution is 5.76. The maximum atomic E-state index is 12.5. The van der Waals surface area contributed by atoms with Gasteiger partial charge in [0.2, 0.25) is 5.91 Å². The molecule has 2 atom stereocenters. The zero-order valence-electron chi connectivity index (χ0n) is 42.8. The average Bonchev–Trinajstić information content (AvgIpc) is 3.30. The van der Waals surface area contributed by atoms with E-state index in [0.29, 0.717) is 6.42 Å². The van der Waals surface area contributed by atoms with Crippen LogP contribution in [0.1, 0.15) is 284 Å². The van der Waals surface area contributed by atoms with Gasteiger partial charge in [0, 0.05) is 6.42 Å². The maximum absolute atomic E-state index is 12.5. The molecule has 0 saturated carbocycles. The second-order valence-electron chi connectivity index (χ2n) is 19.0. The molecule has 0 rings (SSSR count). The Balaban J connectivity index is 3.53.